The summed E-state index contributed by atoms with van der Waals surface area (Å²) in [5.41, 5.74) is 1.09. The Morgan fingerprint density at radius 1 is 1.17 bits per heavy atom. The Kier molecular flexibility index (Phi) is 4.70. The summed E-state index contributed by atoms with van der Waals surface area (Å²) in [6.07, 6.45) is 0. The van der Waals surface area contributed by atoms with Crippen LogP contribution in [0.3, 0.4) is 0 Å². The van der Waals surface area contributed by atoms with Gasteiger partial charge in [0.2, 0.25) is 0 Å². The van der Waals surface area contributed by atoms with Crippen LogP contribution in [0.2, 0.25) is 0 Å². The van der Waals surface area contributed by atoms with Crippen LogP contribution in [0.1, 0.15) is 15.3 Å². The number of ether oxygens (including phenoxy) is 2. The zero-order valence-corrected chi connectivity index (χ0v) is 13.9. The maximum atomic E-state index is 5.40. The van der Waals surface area contributed by atoms with Crippen molar-refractivity contribution in [1.82, 2.24) is 0 Å². The van der Waals surface area contributed by atoms with Gasteiger partial charge in [0.05, 0.1) is 19.0 Å². The highest BCUT2D eigenvalue weighted by atomic mass is 79.9. The standard InChI is InChI=1S/C13H12Br2O2S/c1-16-9-6-12(18-7-9)13(15)10-5-8(14)3-4-11(10)17-2/h3-7,13H,1-2H3. The molecule has 0 aliphatic carbocycles. The van der Waals surface area contributed by atoms with Crippen LogP contribution in [0.15, 0.2) is 34.1 Å². The number of benzene rings is 1. The monoisotopic (exact) mass is 390 g/mol. The Morgan fingerprint density at radius 2 is 1.94 bits per heavy atom. The van der Waals surface area contributed by atoms with E-state index in [0.29, 0.717) is 0 Å². The molecule has 5 heteroatoms. The van der Waals surface area contributed by atoms with Gasteiger partial charge in [-0.3, -0.25) is 0 Å². The molecule has 1 atom stereocenters. The lowest BCUT2D eigenvalue weighted by Crippen LogP contribution is -1.95. The summed E-state index contributed by atoms with van der Waals surface area (Å²) in [7, 11) is 3.36. The van der Waals surface area contributed by atoms with Crippen LogP contribution in [0.25, 0.3) is 0 Å². The van der Waals surface area contributed by atoms with Crippen molar-refractivity contribution in [3.8, 4) is 11.5 Å². The quantitative estimate of drug-likeness (QED) is 0.681. The zero-order valence-electron chi connectivity index (χ0n) is 9.94. The van der Waals surface area contributed by atoms with Gasteiger partial charge in [0, 0.05) is 20.3 Å². The summed E-state index contributed by atoms with van der Waals surface area (Å²) >= 11 is 8.86. The topological polar surface area (TPSA) is 18.5 Å². The Hall–Kier alpha value is -0.520. The summed E-state index contributed by atoms with van der Waals surface area (Å²) in [6, 6.07) is 8.02. The van der Waals surface area contributed by atoms with E-state index in [9.17, 15) is 0 Å². The third-order valence-electron chi connectivity index (χ3n) is 2.55. The van der Waals surface area contributed by atoms with Gasteiger partial charge in [0.1, 0.15) is 11.5 Å². The van der Waals surface area contributed by atoms with E-state index in [0.717, 1.165) is 21.5 Å². The predicted octanol–water partition coefficient (Wildman–Crippen LogP) is 5.01. The number of hydrogen-bond donors (Lipinski definition) is 0. The van der Waals surface area contributed by atoms with Crippen molar-refractivity contribution in [2.24, 2.45) is 0 Å². The minimum absolute atomic E-state index is 0.0962. The second-order valence-corrected chi connectivity index (χ2v) is 6.41. The molecule has 0 radical (unpaired) electrons. The van der Waals surface area contributed by atoms with Crippen molar-refractivity contribution in [3.63, 3.8) is 0 Å². The first kappa shape index (κ1) is 13.9. The molecule has 2 rings (SSSR count). The fourth-order valence-electron chi connectivity index (χ4n) is 1.63. The largest absolute Gasteiger partial charge is 0.496 e. The Bertz CT molecular complexity index is 540. The number of alkyl halides is 1. The fraction of sp³-hybridized carbons (Fsp3) is 0.231. The van der Waals surface area contributed by atoms with Gasteiger partial charge in [-0.1, -0.05) is 31.9 Å². The molecule has 0 saturated heterocycles. The van der Waals surface area contributed by atoms with Crippen molar-refractivity contribution in [3.05, 3.63) is 44.6 Å². The molecule has 0 aliphatic heterocycles. The maximum absolute atomic E-state index is 5.40. The molecular weight excluding hydrogens is 380 g/mol. The van der Waals surface area contributed by atoms with Crippen molar-refractivity contribution >= 4 is 43.2 Å². The minimum Gasteiger partial charge on any atom is -0.496 e. The summed E-state index contributed by atoms with van der Waals surface area (Å²) in [6.45, 7) is 0. The molecule has 0 fully saturated rings. The van der Waals surface area contributed by atoms with Crippen molar-refractivity contribution in [2.45, 2.75) is 4.83 Å². The SMILES string of the molecule is COc1csc(C(Br)c2cc(Br)ccc2OC)c1. The van der Waals surface area contributed by atoms with Crippen molar-refractivity contribution in [2.75, 3.05) is 14.2 Å². The lowest BCUT2D eigenvalue weighted by Gasteiger charge is -2.13. The van der Waals surface area contributed by atoms with Gasteiger partial charge < -0.3 is 9.47 Å². The number of halogens is 2. The third kappa shape index (κ3) is 2.90. The van der Waals surface area contributed by atoms with Crippen molar-refractivity contribution < 1.29 is 9.47 Å². The highest BCUT2D eigenvalue weighted by molar-refractivity contribution is 9.10. The molecule has 18 heavy (non-hydrogen) atoms. The molecule has 0 amide bonds. The Labute approximate surface area is 127 Å². The maximum Gasteiger partial charge on any atom is 0.129 e. The number of thiophene rings is 1. The number of hydrogen-bond acceptors (Lipinski definition) is 3. The first-order valence-corrected chi connectivity index (χ1v) is 7.84. The molecule has 2 nitrogen and oxygen atoms in total. The van der Waals surface area contributed by atoms with E-state index in [1.807, 2.05) is 23.6 Å². The summed E-state index contributed by atoms with van der Waals surface area (Å²) < 4.78 is 11.6. The molecule has 1 aromatic carbocycles. The number of rotatable bonds is 4. The smallest absolute Gasteiger partial charge is 0.129 e. The molecule has 1 heterocycles. The van der Waals surface area contributed by atoms with Crippen LogP contribution in [-0.4, -0.2) is 14.2 Å². The van der Waals surface area contributed by atoms with Crippen LogP contribution >= 0.6 is 43.2 Å². The molecule has 0 bridgehead atoms. The van der Waals surface area contributed by atoms with Crippen molar-refractivity contribution in [1.29, 1.82) is 0 Å². The van der Waals surface area contributed by atoms with Gasteiger partial charge in [0.25, 0.3) is 0 Å². The average Bonchev–Trinajstić information content (AvgIpc) is 2.86. The van der Waals surface area contributed by atoms with Gasteiger partial charge in [-0.05, 0) is 24.3 Å². The molecule has 0 spiro atoms. The first-order chi connectivity index (χ1) is 8.65. The highest BCUT2D eigenvalue weighted by Gasteiger charge is 2.17. The Balaban J connectivity index is 2.38. The second-order valence-electron chi connectivity index (χ2n) is 3.64. The normalized spacial score (nSPS) is 12.2. The van der Waals surface area contributed by atoms with Gasteiger partial charge >= 0.3 is 0 Å². The first-order valence-electron chi connectivity index (χ1n) is 5.25. The van der Waals surface area contributed by atoms with Crippen LogP contribution in [0.4, 0.5) is 0 Å². The molecule has 96 valence electrons. The van der Waals surface area contributed by atoms with E-state index >= 15 is 0 Å². The van der Waals surface area contributed by atoms with E-state index < -0.39 is 0 Å². The van der Waals surface area contributed by atoms with Gasteiger partial charge in [-0.15, -0.1) is 11.3 Å². The van der Waals surface area contributed by atoms with Gasteiger partial charge in [0.15, 0.2) is 0 Å². The second kappa shape index (κ2) is 6.08. The molecule has 0 aliphatic rings. The molecular formula is C13H12Br2O2S. The minimum atomic E-state index is 0.0962. The van der Waals surface area contributed by atoms with E-state index in [1.165, 1.54) is 4.88 Å². The Morgan fingerprint density at radius 3 is 2.56 bits per heavy atom. The predicted molar refractivity (Wildman–Crippen MR) is 82.3 cm³/mol. The summed E-state index contributed by atoms with van der Waals surface area (Å²) in [5, 5.41) is 1.99. The van der Waals surface area contributed by atoms with Crippen LogP contribution in [0.5, 0.6) is 11.5 Å². The molecule has 1 aromatic heterocycles. The van der Waals surface area contributed by atoms with Crippen LogP contribution in [-0.2, 0) is 0 Å². The average molecular weight is 392 g/mol. The van der Waals surface area contributed by atoms with E-state index in [1.54, 1.807) is 25.6 Å². The lowest BCUT2D eigenvalue weighted by atomic mass is 10.1. The lowest BCUT2D eigenvalue weighted by molar-refractivity contribution is 0.410. The van der Waals surface area contributed by atoms with E-state index in [2.05, 4.69) is 37.9 Å². The van der Waals surface area contributed by atoms with Crippen LogP contribution in [0, 0.1) is 0 Å². The molecule has 0 N–H and O–H groups in total. The highest BCUT2D eigenvalue weighted by Crippen LogP contribution is 2.41. The van der Waals surface area contributed by atoms with Gasteiger partial charge in [-0.2, -0.15) is 0 Å². The molecule has 2 aromatic rings. The third-order valence-corrected chi connectivity index (χ3v) is 5.30. The molecule has 0 saturated carbocycles. The van der Waals surface area contributed by atoms with Crippen LogP contribution < -0.4 is 9.47 Å². The zero-order chi connectivity index (χ0) is 13.1. The van der Waals surface area contributed by atoms with Gasteiger partial charge in [-0.25, -0.2) is 0 Å². The fourth-order valence-corrected chi connectivity index (χ4v) is 3.67. The molecule has 1 unspecified atom stereocenters. The number of methoxy groups -OCH3 is 2. The summed E-state index contributed by atoms with van der Waals surface area (Å²) in [5.74, 6) is 1.75. The van der Waals surface area contributed by atoms with E-state index in [4.69, 9.17) is 9.47 Å². The van der Waals surface area contributed by atoms with E-state index in [-0.39, 0.29) is 4.83 Å². The summed E-state index contributed by atoms with van der Waals surface area (Å²) in [4.78, 5) is 1.28.